The van der Waals surface area contributed by atoms with Crippen molar-refractivity contribution in [2.24, 2.45) is 5.92 Å². The molecule has 0 aromatic carbocycles. The van der Waals surface area contributed by atoms with Crippen LogP contribution in [-0.2, 0) is 0 Å². The molecule has 0 amide bonds. The Labute approximate surface area is 74.5 Å². The number of hydrogen-bond donors (Lipinski definition) is 2. The third-order valence-corrected chi connectivity index (χ3v) is 2.79. The second-order valence-electron chi connectivity index (χ2n) is 3.85. The number of nitrogens with one attached hydrogen (secondary N) is 1. The lowest BCUT2D eigenvalue weighted by molar-refractivity contribution is 0.113. The highest BCUT2D eigenvalue weighted by Crippen LogP contribution is 2.23. The van der Waals surface area contributed by atoms with Gasteiger partial charge in [0.1, 0.15) is 0 Å². The molecule has 12 heavy (non-hydrogen) atoms. The van der Waals surface area contributed by atoms with Crippen molar-refractivity contribution in [2.75, 3.05) is 0 Å². The first-order chi connectivity index (χ1) is 5.72. The predicted octanol–water partition coefficient (Wildman–Crippen LogP) is 2.36. The summed E-state index contributed by atoms with van der Waals surface area (Å²) in [5.74, 6) is 0.144. The molecule has 2 heteroatoms. The van der Waals surface area contributed by atoms with Crippen LogP contribution in [0.5, 0.6) is 0 Å². The first-order valence-electron chi connectivity index (χ1n) is 4.95. The van der Waals surface area contributed by atoms with Crippen molar-refractivity contribution in [3.8, 4) is 0 Å². The van der Waals surface area contributed by atoms with Gasteiger partial charge >= 0.3 is 0 Å². The van der Waals surface area contributed by atoms with E-state index in [1.54, 1.807) is 0 Å². The molecule has 2 unspecified atom stereocenters. The van der Waals surface area contributed by atoms with Gasteiger partial charge in [0.15, 0.2) is 0 Å². The Hall–Kier alpha value is -0.370. The molecule has 1 aliphatic carbocycles. The molecule has 0 aliphatic heterocycles. The van der Waals surface area contributed by atoms with Crippen molar-refractivity contribution < 1.29 is 5.11 Å². The highest BCUT2D eigenvalue weighted by atomic mass is 16.3. The van der Waals surface area contributed by atoms with Crippen LogP contribution in [0.2, 0.25) is 0 Å². The fraction of sp³-hybridized carbons (Fsp3) is 0.900. The Morgan fingerprint density at radius 1 is 1.17 bits per heavy atom. The summed E-state index contributed by atoms with van der Waals surface area (Å²) < 4.78 is 0. The van der Waals surface area contributed by atoms with Gasteiger partial charge in [0, 0.05) is 11.6 Å². The van der Waals surface area contributed by atoms with Crippen molar-refractivity contribution in [2.45, 2.75) is 51.6 Å². The van der Waals surface area contributed by atoms with Gasteiger partial charge in [-0.3, -0.25) is 0 Å². The zero-order valence-electron chi connectivity index (χ0n) is 7.84. The summed E-state index contributed by atoms with van der Waals surface area (Å²) in [6, 6.07) is 0. The molecular formula is C10H19NO. The third-order valence-electron chi connectivity index (χ3n) is 2.79. The predicted molar refractivity (Wildman–Crippen MR) is 50.6 cm³/mol. The SMILES string of the molecule is CC(=N)C1CCCCCCC1O. The van der Waals surface area contributed by atoms with E-state index in [0.29, 0.717) is 5.71 Å². The molecule has 1 aliphatic rings. The zero-order valence-corrected chi connectivity index (χ0v) is 7.84. The standard InChI is InChI=1S/C10H19NO/c1-8(11)9-6-4-2-3-5-7-10(9)12/h9-12H,2-7H2,1H3. The van der Waals surface area contributed by atoms with Crippen LogP contribution in [-0.4, -0.2) is 16.9 Å². The Bertz CT molecular complexity index is 156. The highest BCUT2D eigenvalue weighted by Gasteiger charge is 2.21. The molecule has 70 valence electrons. The second kappa shape index (κ2) is 4.61. The van der Waals surface area contributed by atoms with Crippen LogP contribution in [0.3, 0.4) is 0 Å². The number of rotatable bonds is 1. The Morgan fingerprint density at radius 3 is 2.33 bits per heavy atom. The topological polar surface area (TPSA) is 44.1 Å². The summed E-state index contributed by atoms with van der Waals surface area (Å²) in [5.41, 5.74) is 0.657. The largest absolute Gasteiger partial charge is 0.392 e. The summed E-state index contributed by atoms with van der Waals surface area (Å²) in [5, 5.41) is 17.2. The molecule has 0 heterocycles. The molecule has 1 rings (SSSR count). The summed E-state index contributed by atoms with van der Waals surface area (Å²) >= 11 is 0. The number of aliphatic hydroxyl groups excluding tert-OH is 1. The summed E-state index contributed by atoms with van der Waals surface area (Å²) in [6.07, 6.45) is 6.49. The van der Waals surface area contributed by atoms with Crippen LogP contribution < -0.4 is 0 Å². The Kier molecular flexibility index (Phi) is 3.73. The lowest BCUT2D eigenvalue weighted by atomic mass is 9.86. The monoisotopic (exact) mass is 169 g/mol. The quantitative estimate of drug-likeness (QED) is 0.581. The van der Waals surface area contributed by atoms with Crippen LogP contribution in [0.4, 0.5) is 0 Å². The average molecular weight is 169 g/mol. The van der Waals surface area contributed by atoms with Crippen LogP contribution in [0.25, 0.3) is 0 Å². The minimum atomic E-state index is -0.247. The maximum absolute atomic E-state index is 9.70. The van der Waals surface area contributed by atoms with Crippen LogP contribution in [0.15, 0.2) is 0 Å². The fourth-order valence-corrected chi connectivity index (χ4v) is 1.97. The minimum absolute atomic E-state index is 0.144. The van der Waals surface area contributed by atoms with Gasteiger partial charge in [0.2, 0.25) is 0 Å². The first kappa shape index (κ1) is 9.72. The molecule has 0 aromatic rings. The molecule has 2 N–H and O–H groups in total. The van der Waals surface area contributed by atoms with Crippen LogP contribution in [0.1, 0.15) is 45.4 Å². The average Bonchev–Trinajstić information content (AvgIpc) is 1.96. The molecule has 2 atom stereocenters. The summed E-state index contributed by atoms with van der Waals surface area (Å²) in [4.78, 5) is 0. The molecule has 0 bridgehead atoms. The first-order valence-corrected chi connectivity index (χ1v) is 4.95. The lowest BCUT2D eigenvalue weighted by Gasteiger charge is -2.24. The summed E-state index contributed by atoms with van der Waals surface area (Å²) in [7, 11) is 0. The van der Waals surface area contributed by atoms with Gasteiger partial charge in [0.05, 0.1) is 6.10 Å². The molecule has 0 aromatic heterocycles. The maximum Gasteiger partial charge on any atom is 0.0620 e. The van der Waals surface area contributed by atoms with Crippen molar-refractivity contribution >= 4 is 5.71 Å². The van der Waals surface area contributed by atoms with E-state index >= 15 is 0 Å². The normalized spacial score (nSPS) is 32.2. The van der Waals surface area contributed by atoms with Gasteiger partial charge in [-0.25, -0.2) is 0 Å². The molecule has 2 nitrogen and oxygen atoms in total. The van der Waals surface area contributed by atoms with Crippen LogP contribution in [0, 0.1) is 11.3 Å². The van der Waals surface area contributed by atoms with Crippen molar-refractivity contribution in [1.82, 2.24) is 0 Å². The van der Waals surface area contributed by atoms with Gasteiger partial charge in [0.25, 0.3) is 0 Å². The molecular weight excluding hydrogens is 150 g/mol. The van der Waals surface area contributed by atoms with E-state index in [1.807, 2.05) is 6.92 Å². The van der Waals surface area contributed by atoms with Crippen molar-refractivity contribution in [3.05, 3.63) is 0 Å². The van der Waals surface area contributed by atoms with Gasteiger partial charge in [-0.15, -0.1) is 0 Å². The zero-order chi connectivity index (χ0) is 8.97. The molecule has 0 radical (unpaired) electrons. The fourth-order valence-electron chi connectivity index (χ4n) is 1.97. The van der Waals surface area contributed by atoms with E-state index < -0.39 is 0 Å². The highest BCUT2D eigenvalue weighted by molar-refractivity contribution is 5.81. The van der Waals surface area contributed by atoms with Crippen LogP contribution >= 0.6 is 0 Å². The van der Waals surface area contributed by atoms with Gasteiger partial charge in [-0.2, -0.15) is 0 Å². The van der Waals surface area contributed by atoms with E-state index in [9.17, 15) is 5.11 Å². The lowest BCUT2D eigenvalue weighted by Crippen LogP contribution is -2.27. The van der Waals surface area contributed by atoms with E-state index in [4.69, 9.17) is 5.41 Å². The van der Waals surface area contributed by atoms with E-state index in [1.165, 1.54) is 19.3 Å². The maximum atomic E-state index is 9.70. The Morgan fingerprint density at radius 2 is 1.75 bits per heavy atom. The third kappa shape index (κ3) is 2.59. The second-order valence-corrected chi connectivity index (χ2v) is 3.85. The molecule has 0 spiro atoms. The van der Waals surface area contributed by atoms with Crippen molar-refractivity contribution in [1.29, 1.82) is 5.41 Å². The van der Waals surface area contributed by atoms with E-state index in [-0.39, 0.29) is 12.0 Å². The van der Waals surface area contributed by atoms with Gasteiger partial charge in [-0.1, -0.05) is 25.7 Å². The molecule has 1 fully saturated rings. The Balaban J connectivity index is 2.48. The molecule has 1 saturated carbocycles. The molecule has 0 saturated heterocycles. The smallest absolute Gasteiger partial charge is 0.0620 e. The van der Waals surface area contributed by atoms with Crippen molar-refractivity contribution in [3.63, 3.8) is 0 Å². The number of aliphatic hydroxyl groups is 1. The van der Waals surface area contributed by atoms with Gasteiger partial charge in [-0.05, 0) is 19.8 Å². The summed E-state index contributed by atoms with van der Waals surface area (Å²) in [6.45, 7) is 1.81. The van der Waals surface area contributed by atoms with E-state index in [2.05, 4.69) is 0 Å². The minimum Gasteiger partial charge on any atom is -0.392 e. The van der Waals surface area contributed by atoms with Gasteiger partial charge < -0.3 is 10.5 Å². The van der Waals surface area contributed by atoms with E-state index in [0.717, 1.165) is 19.3 Å². The number of hydrogen-bond acceptors (Lipinski definition) is 2.